The summed E-state index contributed by atoms with van der Waals surface area (Å²) in [5.41, 5.74) is 5.65. The summed E-state index contributed by atoms with van der Waals surface area (Å²) >= 11 is 0. The Morgan fingerprint density at radius 3 is 2.86 bits per heavy atom. The first-order valence-electron chi connectivity index (χ1n) is 5.27. The fourth-order valence-electron chi connectivity index (χ4n) is 2.09. The average Bonchev–Trinajstić information content (AvgIpc) is 2.27. The van der Waals surface area contributed by atoms with Crippen LogP contribution in [0.2, 0.25) is 0 Å². The van der Waals surface area contributed by atoms with Gasteiger partial charge >= 0.3 is 6.09 Å². The minimum absolute atomic E-state index is 0.168. The molecule has 1 aliphatic rings. The second-order valence-electron chi connectivity index (χ2n) is 3.85. The van der Waals surface area contributed by atoms with Gasteiger partial charge in [0, 0.05) is 19.1 Å². The van der Waals surface area contributed by atoms with E-state index in [-0.39, 0.29) is 12.1 Å². The van der Waals surface area contributed by atoms with E-state index in [0.29, 0.717) is 12.5 Å². The summed E-state index contributed by atoms with van der Waals surface area (Å²) < 4.78 is 4.72. The molecule has 2 N–H and O–H groups in total. The van der Waals surface area contributed by atoms with Crippen molar-refractivity contribution >= 4 is 6.09 Å². The molecule has 1 saturated heterocycles. The van der Waals surface area contributed by atoms with Crippen molar-refractivity contribution in [1.29, 1.82) is 0 Å². The Labute approximate surface area is 85.4 Å². The lowest BCUT2D eigenvalue weighted by Crippen LogP contribution is -2.49. The molecule has 0 saturated carbocycles. The Bertz CT molecular complexity index is 197. The summed E-state index contributed by atoms with van der Waals surface area (Å²) in [5, 5.41) is 0. The van der Waals surface area contributed by atoms with E-state index >= 15 is 0 Å². The van der Waals surface area contributed by atoms with Gasteiger partial charge in [-0.05, 0) is 18.8 Å². The Kier molecular flexibility index (Phi) is 4.20. The topological polar surface area (TPSA) is 55.6 Å². The van der Waals surface area contributed by atoms with E-state index in [1.165, 1.54) is 13.5 Å². The van der Waals surface area contributed by atoms with Crippen molar-refractivity contribution in [2.45, 2.75) is 32.2 Å². The van der Waals surface area contributed by atoms with Crippen molar-refractivity contribution in [1.82, 2.24) is 4.90 Å². The minimum atomic E-state index is -0.241. The minimum Gasteiger partial charge on any atom is -0.453 e. The largest absolute Gasteiger partial charge is 0.453 e. The molecule has 82 valence electrons. The standard InChI is InChI=1S/C10H20N2O2/c1-3-8-4-5-12(10(13)14-2)9(6-8)7-11/h8-9H,3-7,11H2,1-2H3. The molecule has 0 bridgehead atoms. The Morgan fingerprint density at radius 1 is 1.64 bits per heavy atom. The fraction of sp³-hybridized carbons (Fsp3) is 0.900. The monoisotopic (exact) mass is 200 g/mol. The molecule has 0 aromatic rings. The van der Waals surface area contributed by atoms with E-state index in [1.54, 1.807) is 4.90 Å². The second-order valence-corrected chi connectivity index (χ2v) is 3.85. The number of carbonyl (C=O) groups excluding carboxylic acids is 1. The summed E-state index contributed by atoms with van der Waals surface area (Å²) in [6, 6.07) is 0.168. The number of methoxy groups -OCH3 is 1. The van der Waals surface area contributed by atoms with Gasteiger partial charge < -0.3 is 15.4 Å². The lowest BCUT2D eigenvalue weighted by Gasteiger charge is -2.37. The highest BCUT2D eigenvalue weighted by Gasteiger charge is 2.30. The van der Waals surface area contributed by atoms with Crippen molar-refractivity contribution in [2.75, 3.05) is 20.2 Å². The third kappa shape index (κ3) is 2.38. The van der Waals surface area contributed by atoms with Crippen molar-refractivity contribution in [3.63, 3.8) is 0 Å². The number of ether oxygens (including phenoxy) is 1. The van der Waals surface area contributed by atoms with Crippen LogP contribution >= 0.6 is 0 Å². The predicted molar refractivity (Wildman–Crippen MR) is 55.0 cm³/mol. The number of rotatable bonds is 2. The SMILES string of the molecule is CCC1CCN(C(=O)OC)C(CN)C1. The van der Waals surface area contributed by atoms with Gasteiger partial charge in [-0.3, -0.25) is 0 Å². The lowest BCUT2D eigenvalue weighted by atomic mass is 9.89. The van der Waals surface area contributed by atoms with Crippen LogP contribution in [0.3, 0.4) is 0 Å². The molecule has 0 spiro atoms. The number of carbonyl (C=O) groups is 1. The van der Waals surface area contributed by atoms with E-state index < -0.39 is 0 Å². The third-order valence-electron chi connectivity index (χ3n) is 3.08. The summed E-state index contributed by atoms with van der Waals surface area (Å²) in [6.45, 7) is 3.50. The Balaban J connectivity index is 2.56. The highest BCUT2D eigenvalue weighted by atomic mass is 16.5. The predicted octanol–water partition coefficient (Wildman–Crippen LogP) is 1.20. The molecule has 4 nitrogen and oxygen atoms in total. The van der Waals surface area contributed by atoms with Crippen LogP contribution in [0.1, 0.15) is 26.2 Å². The van der Waals surface area contributed by atoms with Crippen molar-refractivity contribution in [3.05, 3.63) is 0 Å². The smallest absolute Gasteiger partial charge is 0.409 e. The van der Waals surface area contributed by atoms with Crippen LogP contribution in [0.4, 0.5) is 4.79 Å². The number of hydrogen-bond acceptors (Lipinski definition) is 3. The van der Waals surface area contributed by atoms with E-state index in [4.69, 9.17) is 10.5 Å². The maximum absolute atomic E-state index is 11.4. The van der Waals surface area contributed by atoms with Crippen LogP contribution in [-0.2, 0) is 4.74 Å². The average molecular weight is 200 g/mol. The van der Waals surface area contributed by atoms with Crippen LogP contribution in [0.15, 0.2) is 0 Å². The summed E-state index contributed by atoms with van der Waals surface area (Å²) in [4.78, 5) is 13.1. The molecule has 0 radical (unpaired) electrons. The zero-order valence-electron chi connectivity index (χ0n) is 9.03. The molecule has 2 unspecified atom stereocenters. The van der Waals surface area contributed by atoms with Crippen molar-refractivity contribution in [3.8, 4) is 0 Å². The number of amides is 1. The van der Waals surface area contributed by atoms with E-state index in [0.717, 1.165) is 19.4 Å². The molecule has 0 aromatic heterocycles. The zero-order chi connectivity index (χ0) is 10.6. The lowest BCUT2D eigenvalue weighted by molar-refractivity contribution is 0.0773. The van der Waals surface area contributed by atoms with Crippen LogP contribution in [0.5, 0.6) is 0 Å². The number of piperidine rings is 1. The zero-order valence-corrected chi connectivity index (χ0v) is 9.03. The highest BCUT2D eigenvalue weighted by Crippen LogP contribution is 2.25. The van der Waals surface area contributed by atoms with Gasteiger partial charge in [0.05, 0.1) is 7.11 Å². The van der Waals surface area contributed by atoms with Crippen LogP contribution in [-0.4, -0.2) is 37.2 Å². The molecule has 14 heavy (non-hydrogen) atoms. The summed E-state index contributed by atoms with van der Waals surface area (Å²) in [7, 11) is 1.42. The molecule has 1 amide bonds. The number of nitrogens with zero attached hydrogens (tertiary/aromatic N) is 1. The molecule has 0 aliphatic carbocycles. The van der Waals surface area contributed by atoms with E-state index in [9.17, 15) is 4.79 Å². The van der Waals surface area contributed by atoms with Crippen LogP contribution in [0.25, 0.3) is 0 Å². The summed E-state index contributed by atoms with van der Waals surface area (Å²) in [5.74, 6) is 0.712. The fourth-order valence-corrected chi connectivity index (χ4v) is 2.09. The molecule has 2 atom stereocenters. The normalized spacial score (nSPS) is 27.5. The Morgan fingerprint density at radius 2 is 2.36 bits per heavy atom. The number of likely N-dealkylation sites (tertiary alicyclic amines) is 1. The van der Waals surface area contributed by atoms with Crippen LogP contribution < -0.4 is 5.73 Å². The molecular formula is C10H20N2O2. The molecule has 1 rings (SSSR count). The second kappa shape index (κ2) is 5.20. The van der Waals surface area contributed by atoms with Gasteiger partial charge in [-0.2, -0.15) is 0 Å². The van der Waals surface area contributed by atoms with Gasteiger partial charge in [0.1, 0.15) is 0 Å². The molecular weight excluding hydrogens is 180 g/mol. The van der Waals surface area contributed by atoms with Gasteiger partial charge in [-0.1, -0.05) is 13.3 Å². The van der Waals surface area contributed by atoms with Gasteiger partial charge in [0.15, 0.2) is 0 Å². The molecule has 1 fully saturated rings. The quantitative estimate of drug-likeness (QED) is 0.728. The molecule has 0 aromatic carbocycles. The highest BCUT2D eigenvalue weighted by molar-refractivity contribution is 5.68. The van der Waals surface area contributed by atoms with Gasteiger partial charge in [0.2, 0.25) is 0 Å². The van der Waals surface area contributed by atoms with E-state index in [1.807, 2.05) is 0 Å². The number of nitrogens with two attached hydrogens (primary N) is 1. The first kappa shape index (κ1) is 11.3. The van der Waals surface area contributed by atoms with Crippen molar-refractivity contribution < 1.29 is 9.53 Å². The molecule has 1 aliphatic heterocycles. The molecule has 4 heteroatoms. The van der Waals surface area contributed by atoms with Crippen molar-refractivity contribution in [2.24, 2.45) is 11.7 Å². The summed E-state index contributed by atoms with van der Waals surface area (Å²) in [6.07, 6.45) is 3.02. The Hall–Kier alpha value is -0.770. The third-order valence-corrected chi connectivity index (χ3v) is 3.08. The van der Waals surface area contributed by atoms with Crippen LogP contribution in [0, 0.1) is 5.92 Å². The molecule has 1 heterocycles. The first-order chi connectivity index (χ1) is 6.72. The van der Waals surface area contributed by atoms with E-state index in [2.05, 4.69) is 6.92 Å². The van der Waals surface area contributed by atoms with Gasteiger partial charge in [0.25, 0.3) is 0 Å². The maximum Gasteiger partial charge on any atom is 0.409 e. The first-order valence-corrected chi connectivity index (χ1v) is 5.27. The van der Waals surface area contributed by atoms with Gasteiger partial charge in [-0.25, -0.2) is 4.79 Å². The van der Waals surface area contributed by atoms with Gasteiger partial charge in [-0.15, -0.1) is 0 Å². The maximum atomic E-state index is 11.4. The number of hydrogen-bond donors (Lipinski definition) is 1.